The molecule has 0 spiro atoms. The van der Waals surface area contributed by atoms with Crippen molar-refractivity contribution in [3.05, 3.63) is 48.5 Å². The van der Waals surface area contributed by atoms with Crippen molar-refractivity contribution >= 4 is 34.0 Å². The van der Waals surface area contributed by atoms with E-state index in [1.54, 1.807) is 0 Å². The lowest BCUT2D eigenvalue weighted by Crippen LogP contribution is -2.21. The van der Waals surface area contributed by atoms with Crippen molar-refractivity contribution in [3.8, 4) is 0 Å². The van der Waals surface area contributed by atoms with E-state index in [0.29, 0.717) is 0 Å². The zero-order valence-electron chi connectivity index (χ0n) is 16.2. The number of imidazole rings is 2. The number of rotatable bonds is 4. The molecule has 0 atom stereocenters. The van der Waals surface area contributed by atoms with Crippen LogP contribution in [0.5, 0.6) is 0 Å². The van der Waals surface area contributed by atoms with E-state index in [4.69, 9.17) is 0 Å². The maximum atomic E-state index is 4.26. The number of hydrogen-bond donors (Lipinski definition) is 6. The molecule has 0 aliphatic heterocycles. The van der Waals surface area contributed by atoms with E-state index in [1.165, 1.54) is 0 Å². The number of H-pyrrole nitrogens is 2. The summed E-state index contributed by atoms with van der Waals surface area (Å²) < 4.78 is 0. The summed E-state index contributed by atoms with van der Waals surface area (Å²) in [5.74, 6) is 1.62. The monoisotopic (exact) mass is 368 g/mol. The second-order valence-corrected chi connectivity index (χ2v) is 5.59. The molecule has 0 fully saturated rings. The minimum Gasteiger partial charge on any atom is -0.359 e. The number of hydrogen-bond acceptors (Lipinski definition) is 6. The molecule has 6 N–H and O–H groups in total. The highest BCUT2D eigenvalue weighted by Crippen LogP contribution is 2.12. The van der Waals surface area contributed by atoms with Gasteiger partial charge in [-0.3, -0.25) is 0 Å². The van der Waals surface area contributed by atoms with Crippen molar-refractivity contribution < 1.29 is 0 Å². The summed E-state index contributed by atoms with van der Waals surface area (Å²) in [6.07, 6.45) is 0. The maximum Gasteiger partial charge on any atom is 0.200 e. The second kappa shape index (κ2) is 10.8. The van der Waals surface area contributed by atoms with Crippen LogP contribution in [-0.2, 0) is 0 Å². The summed E-state index contributed by atoms with van der Waals surface area (Å²) in [6, 6.07) is 15.9. The highest BCUT2D eigenvalue weighted by molar-refractivity contribution is 5.77. The van der Waals surface area contributed by atoms with Gasteiger partial charge in [0.1, 0.15) is 0 Å². The summed E-state index contributed by atoms with van der Waals surface area (Å²) in [5.41, 5.74) is 4.13. The Morgan fingerprint density at radius 2 is 1.07 bits per heavy atom. The van der Waals surface area contributed by atoms with Gasteiger partial charge < -0.3 is 31.2 Å². The Bertz CT molecular complexity index is 785. The maximum absolute atomic E-state index is 4.26. The molecule has 0 saturated heterocycles. The molecule has 2 aromatic heterocycles. The average Bonchev–Trinajstić information content (AvgIpc) is 3.32. The van der Waals surface area contributed by atoms with Crippen LogP contribution in [0, 0.1) is 0 Å². The van der Waals surface area contributed by atoms with Crippen LogP contribution in [0.2, 0.25) is 0 Å². The highest BCUT2D eigenvalue weighted by Gasteiger charge is 1.97. The highest BCUT2D eigenvalue weighted by atomic mass is 15.1. The van der Waals surface area contributed by atoms with E-state index in [2.05, 4.69) is 41.2 Å². The number of aromatic amines is 2. The first kappa shape index (κ1) is 20.2. The molecule has 8 nitrogen and oxygen atoms in total. The fraction of sp³-hybridized carbons (Fsp3) is 0.263. The lowest BCUT2D eigenvalue weighted by molar-refractivity contribution is 0.708. The van der Waals surface area contributed by atoms with E-state index >= 15 is 0 Å². The third kappa shape index (κ3) is 5.98. The Hall–Kier alpha value is -3.10. The first-order valence-corrected chi connectivity index (χ1v) is 8.76. The average molecular weight is 368 g/mol. The summed E-state index contributed by atoms with van der Waals surface area (Å²) in [4.78, 5) is 14.8. The van der Waals surface area contributed by atoms with E-state index in [1.807, 2.05) is 76.7 Å². The molecule has 0 saturated carbocycles. The number of fused-ring (bicyclic) bond motifs is 2. The zero-order valence-corrected chi connectivity index (χ0v) is 16.2. The summed E-state index contributed by atoms with van der Waals surface area (Å²) in [7, 11) is 7.49. The third-order valence-corrected chi connectivity index (χ3v) is 3.61. The molecule has 4 aromatic rings. The smallest absolute Gasteiger partial charge is 0.200 e. The number of nitrogens with one attached hydrogen (secondary N) is 6. The molecule has 0 bridgehead atoms. The van der Waals surface area contributed by atoms with Gasteiger partial charge in [-0.05, 0) is 38.4 Å². The molecule has 0 aliphatic rings. The van der Waals surface area contributed by atoms with Crippen LogP contribution in [0.25, 0.3) is 22.1 Å². The molecule has 0 unspecified atom stereocenters. The quantitative estimate of drug-likeness (QED) is 0.309. The van der Waals surface area contributed by atoms with Gasteiger partial charge in [-0.15, -0.1) is 0 Å². The number of benzene rings is 2. The van der Waals surface area contributed by atoms with Crippen molar-refractivity contribution in [2.75, 3.05) is 45.5 Å². The zero-order chi connectivity index (χ0) is 19.5. The van der Waals surface area contributed by atoms with E-state index in [0.717, 1.165) is 40.6 Å². The lowest BCUT2D eigenvalue weighted by Gasteiger charge is -1.88. The van der Waals surface area contributed by atoms with Crippen LogP contribution in [0.4, 0.5) is 11.9 Å². The number of aromatic nitrogens is 4. The fourth-order valence-electron chi connectivity index (χ4n) is 2.32. The molecule has 2 heterocycles. The van der Waals surface area contributed by atoms with Gasteiger partial charge >= 0.3 is 0 Å². The minimum atomic E-state index is 0.811. The van der Waals surface area contributed by atoms with Crippen LogP contribution in [0.15, 0.2) is 48.5 Å². The molecule has 2 aromatic carbocycles. The van der Waals surface area contributed by atoms with E-state index in [-0.39, 0.29) is 0 Å². The van der Waals surface area contributed by atoms with Gasteiger partial charge in [0.05, 0.1) is 22.1 Å². The van der Waals surface area contributed by atoms with Crippen molar-refractivity contribution in [3.63, 3.8) is 0 Å². The Balaban J connectivity index is 0.000000157. The minimum absolute atomic E-state index is 0.811. The van der Waals surface area contributed by atoms with Gasteiger partial charge in [-0.1, -0.05) is 24.3 Å². The van der Waals surface area contributed by atoms with Crippen LogP contribution in [0.1, 0.15) is 0 Å². The Morgan fingerprint density at radius 1 is 0.667 bits per heavy atom. The van der Waals surface area contributed by atoms with Crippen molar-refractivity contribution in [2.24, 2.45) is 0 Å². The van der Waals surface area contributed by atoms with Crippen LogP contribution in [0.3, 0.4) is 0 Å². The Labute approximate surface area is 159 Å². The predicted octanol–water partition coefficient (Wildman–Crippen LogP) is 2.59. The third-order valence-electron chi connectivity index (χ3n) is 3.61. The standard InChI is InChI=1S/2C8H9N3.C3H10N2/c2*1-9-8-10-6-4-2-3-5-7(6)11-8;1-4-3-5-2/h2*2-5H,1H3,(H2,9,10,11);4-5H,3H2,1-2H3. The SMILES string of the molecule is CNCNC.CNc1nc2ccccc2[nH]1.CNc1nc2ccccc2[nH]1. The van der Waals surface area contributed by atoms with Crippen LogP contribution in [-0.4, -0.2) is 54.8 Å². The molecular weight excluding hydrogens is 340 g/mol. The van der Waals surface area contributed by atoms with E-state index < -0.39 is 0 Å². The lowest BCUT2D eigenvalue weighted by atomic mass is 10.3. The van der Waals surface area contributed by atoms with Gasteiger partial charge in [0, 0.05) is 20.8 Å². The van der Waals surface area contributed by atoms with Crippen molar-refractivity contribution in [1.82, 2.24) is 30.6 Å². The van der Waals surface area contributed by atoms with Gasteiger partial charge in [0.2, 0.25) is 11.9 Å². The molecule has 144 valence electrons. The summed E-state index contributed by atoms with van der Waals surface area (Å²) in [6.45, 7) is 0.889. The van der Waals surface area contributed by atoms with Crippen LogP contribution < -0.4 is 21.3 Å². The van der Waals surface area contributed by atoms with E-state index in [9.17, 15) is 0 Å². The van der Waals surface area contributed by atoms with Crippen LogP contribution >= 0.6 is 0 Å². The Morgan fingerprint density at radius 3 is 1.37 bits per heavy atom. The fourth-order valence-corrected chi connectivity index (χ4v) is 2.32. The topological polar surface area (TPSA) is 105 Å². The molecule has 0 aliphatic carbocycles. The summed E-state index contributed by atoms with van der Waals surface area (Å²) >= 11 is 0. The molecule has 0 radical (unpaired) electrons. The van der Waals surface area contributed by atoms with Crippen molar-refractivity contribution in [1.29, 1.82) is 0 Å². The molecular formula is C19H28N8. The summed E-state index contributed by atoms with van der Waals surface area (Å²) in [5, 5.41) is 11.7. The van der Waals surface area contributed by atoms with Crippen molar-refractivity contribution in [2.45, 2.75) is 0 Å². The number of para-hydroxylation sites is 4. The van der Waals surface area contributed by atoms with Gasteiger partial charge in [0.25, 0.3) is 0 Å². The second-order valence-electron chi connectivity index (χ2n) is 5.59. The first-order valence-electron chi connectivity index (χ1n) is 8.76. The molecule has 8 heteroatoms. The number of nitrogens with zero attached hydrogens (tertiary/aromatic N) is 2. The Kier molecular flexibility index (Phi) is 8.08. The van der Waals surface area contributed by atoms with Gasteiger partial charge in [-0.25, -0.2) is 9.97 Å². The van der Waals surface area contributed by atoms with Gasteiger partial charge in [0.15, 0.2) is 0 Å². The molecule has 4 rings (SSSR count). The molecule has 0 amide bonds. The van der Waals surface area contributed by atoms with Gasteiger partial charge in [-0.2, -0.15) is 0 Å². The molecule has 27 heavy (non-hydrogen) atoms. The first-order chi connectivity index (χ1) is 13.2. The number of anilines is 2. The predicted molar refractivity (Wildman–Crippen MR) is 114 cm³/mol. The largest absolute Gasteiger partial charge is 0.359 e. The normalized spacial score (nSPS) is 9.93.